The van der Waals surface area contributed by atoms with Gasteiger partial charge in [0, 0.05) is 44.0 Å². The number of nitrogens with two attached hydrogens (primary N) is 1. The Bertz CT molecular complexity index is 900. The normalized spacial score (nSPS) is 20.1. The number of amides is 2. The van der Waals surface area contributed by atoms with E-state index in [-0.39, 0.29) is 23.6 Å². The van der Waals surface area contributed by atoms with Crippen molar-refractivity contribution in [2.24, 2.45) is 11.7 Å². The molecule has 10 nitrogen and oxygen atoms in total. The van der Waals surface area contributed by atoms with Gasteiger partial charge >= 0.3 is 0 Å². The van der Waals surface area contributed by atoms with Crippen molar-refractivity contribution in [1.29, 1.82) is 0 Å². The number of hydroxylamine groups is 2. The van der Waals surface area contributed by atoms with Crippen molar-refractivity contribution < 1.29 is 14.4 Å². The highest BCUT2D eigenvalue weighted by molar-refractivity contribution is 5.92. The van der Waals surface area contributed by atoms with Crippen molar-refractivity contribution in [3.05, 3.63) is 41.7 Å². The first-order valence-corrected chi connectivity index (χ1v) is 9.65. The predicted octanol–water partition coefficient (Wildman–Crippen LogP) is 0.796. The Morgan fingerprint density at radius 1 is 1.14 bits per heavy atom. The van der Waals surface area contributed by atoms with Crippen molar-refractivity contribution in [2.75, 3.05) is 24.6 Å². The maximum Gasteiger partial charge on any atom is 0.267 e. The lowest BCUT2D eigenvalue weighted by Crippen LogP contribution is -2.42. The molecule has 0 saturated carbocycles. The van der Waals surface area contributed by atoms with Crippen molar-refractivity contribution in [3.8, 4) is 0 Å². The Morgan fingerprint density at radius 3 is 2.62 bits per heavy atom. The summed E-state index contributed by atoms with van der Waals surface area (Å²) in [4.78, 5) is 49.2. The van der Waals surface area contributed by atoms with Gasteiger partial charge in [-0.25, -0.2) is 15.0 Å². The molecule has 2 fully saturated rings. The molecular formula is C19H23N7O3. The van der Waals surface area contributed by atoms with Gasteiger partial charge in [-0.1, -0.05) is 0 Å². The van der Waals surface area contributed by atoms with E-state index in [1.54, 1.807) is 31.7 Å². The molecule has 0 aromatic carbocycles. The first kappa shape index (κ1) is 19.2. The summed E-state index contributed by atoms with van der Waals surface area (Å²) < 4.78 is 0. The van der Waals surface area contributed by atoms with Crippen molar-refractivity contribution in [3.63, 3.8) is 0 Å². The summed E-state index contributed by atoms with van der Waals surface area (Å²) in [6, 6.07) is -0.201. The zero-order valence-corrected chi connectivity index (χ0v) is 16.2. The number of nitrogens with zero attached hydrogens (tertiary/aromatic N) is 6. The van der Waals surface area contributed by atoms with Gasteiger partial charge in [0.1, 0.15) is 11.7 Å². The standard InChI is InChI=1S/C19H23N7O3/c1-12-10-23-19(24-16(12)17(20)27)25-7-2-13(3-8-25)18(28)26-15(4-9-29-26)14-11-21-5-6-22-14/h5-6,10-11,13,15H,2-4,7-9H2,1H3,(H2,20,27)/t15-/m0/s1. The van der Waals surface area contributed by atoms with E-state index in [4.69, 9.17) is 10.6 Å². The quantitative estimate of drug-likeness (QED) is 0.802. The molecule has 2 aromatic heterocycles. The third-order valence-corrected chi connectivity index (χ3v) is 5.37. The number of primary amides is 1. The number of piperidine rings is 1. The zero-order chi connectivity index (χ0) is 20.4. The molecule has 4 heterocycles. The summed E-state index contributed by atoms with van der Waals surface area (Å²) >= 11 is 0. The Labute approximate surface area is 168 Å². The molecule has 0 radical (unpaired) electrons. The number of hydrogen-bond acceptors (Lipinski definition) is 8. The van der Waals surface area contributed by atoms with Gasteiger partial charge in [0.25, 0.3) is 5.91 Å². The summed E-state index contributed by atoms with van der Waals surface area (Å²) in [5.74, 6) is -0.285. The number of aromatic nitrogens is 4. The maximum atomic E-state index is 13.1. The number of aryl methyl sites for hydroxylation is 1. The molecule has 2 amide bonds. The monoisotopic (exact) mass is 397 g/mol. The molecule has 2 saturated heterocycles. The SMILES string of the molecule is Cc1cnc(N2CCC(C(=O)N3OCC[C@H]3c3cnccn3)CC2)nc1C(N)=O. The van der Waals surface area contributed by atoms with Crippen LogP contribution >= 0.6 is 0 Å². The molecule has 10 heteroatoms. The Morgan fingerprint density at radius 2 is 1.93 bits per heavy atom. The van der Waals surface area contributed by atoms with Crippen LogP contribution in [0.4, 0.5) is 5.95 Å². The number of hydrogen-bond donors (Lipinski definition) is 1. The molecular weight excluding hydrogens is 374 g/mol. The highest BCUT2D eigenvalue weighted by Crippen LogP contribution is 2.32. The van der Waals surface area contributed by atoms with E-state index in [0.29, 0.717) is 50.5 Å². The third kappa shape index (κ3) is 3.88. The Hall–Kier alpha value is -3.14. The summed E-state index contributed by atoms with van der Waals surface area (Å²) in [7, 11) is 0. The van der Waals surface area contributed by atoms with E-state index >= 15 is 0 Å². The lowest BCUT2D eigenvalue weighted by atomic mass is 9.95. The van der Waals surface area contributed by atoms with Crippen molar-refractivity contribution >= 4 is 17.8 Å². The van der Waals surface area contributed by atoms with E-state index in [0.717, 1.165) is 5.69 Å². The second-order valence-corrected chi connectivity index (χ2v) is 7.26. The molecule has 0 unspecified atom stereocenters. The molecule has 152 valence electrons. The average molecular weight is 397 g/mol. The molecule has 2 aliphatic heterocycles. The lowest BCUT2D eigenvalue weighted by Gasteiger charge is -2.34. The van der Waals surface area contributed by atoms with Gasteiger partial charge in [0.15, 0.2) is 0 Å². The second kappa shape index (κ2) is 8.08. The topological polar surface area (TPSA) is 127 Å². The molecule has 0 aliphatic carbocycles. The van der Waals surface area contributed by atoms with Crippen LogP contribution in [0.15, 0.2) is 24.8 Å². The van der Waals surface area contributed by atoms with Crippen LogP contribution in [0.2, 0.25) is 0 Å². The van der Waals surface area contributed by atoms with Crippen molar-refractivity contribution in [1.82, 2.24) is 25.0 Å². The van der Waals surface area contributed by atoms with E-state index in [2.05, 4.69) is 19.9 Å². The zero-order valence-electron chi connectivity index (χ0n) is 16.2. The summed E-state index contributed by atoms with van der Waals surface area (Å²) in [6.45, 7) is 3.46. The first-order chi connectivity index (χ1) is 14.0. The molecule has 2 aromatic rings. The summed E-state index contributed by atoms with van der Waals surface area (Å²) in [5.41, 5.74) is 7.00. The molecule has 0 spiro atoms. The maximum absolute atomic E-state index is 13.1. The first-order valence-electron chi connectivity index (χ1n) is 9.65. The highest BCUT2D eigenvalue weighted by Gasteiger charge is 2.38. The minimum Gasteiger partial charge on any atom is -0.364 e. The predicted molar refractivity (Wildman–Crippen MR) is 102 cm³/mol. The second-order valence-electron chi connectivity index (χ2n) is 7.26. The number of rotatable bonds is 4. The third-order valence-electron chi connectivity index (χ3n) is 5.37. The van der Waals surface area contributed by atoms with Crippen LogP contribution in [0.25, 0.3) is 0 Å². The molecule has 1 atom stereocenters. The van der Waals surface area contributed by atoms with E-state index < -0.39 is 5.91 Å². The van der Waals surface area contributed by atoms with E-state index in [9.17, 15) is 9.59 Å². The molecule has 2 aliphatic rings. The van der Waals surface area contributed by atoms with Crippen LogP contribution in [0.5, 0.6) is 0 Å². The summed E-state index contributed by atoms with van der Waals surface area (Å²) in [6.07, 6.45) is 8.51. The van der Waals surface area contributed by atoms with Crippen LogP contribution in [-0.4, -0.2) is 56.5 Å². The van der Waals surface area contributed by atoms with E-state index in [1.807, 2.05) is 4.90 Å². The molecule has 0 bridgehead atoms. The number of carbonyl (C=O) groups is 2. The van der Waals surface area contributed by atoms with Gasteiger partial charge < -0.3 is 10.6 Å². The van der Waals surface area contributed by atoms with Gasteiger partial charge in [-0.3, -0.25) is 24.4 Å². The van der Waals surface area contributed by atoms with E-state index in [1.165, 1.54) is 5.06 Å². The van der Waals surface area contributed by atoms with Crippen molar-refractivity contribution in [2.45, 2.75) is 32.2 Å². The Kier molecular flexibility index (Phi) is 5.34. The van der Waals surface area contributed by atoms with Gasteiger partial charge in [-0.15, -0.1) is 0 Å². The molecule has 2 N–H and O–H groups in total. The van der Waals surface area contributed by atoms with Crippen LogP contribution in [0.1, 0.15) is 47.1 Å². The molecule has 4 rings (SSSR count). The van der Waals surface area contributed by atoms with Crippen LogP contribution < -0.4 is 10.6 Å². The highest BCUT2D eigenvalue weighted by atomic mass is 16.7. The van der Waals surface area contributed by atoms with Gasteiger partial charge in [0.2, 0.25) is 11.9 Å². The summed E-state index contributed by atoms with van der Waals surface area (Å²) in [5, 5.41) is 1.47. The van der Waals surface area contributed by atoms with Gasteiger partial charge in [-0.05, 0) is 25.3 Å². The van der Waals surface area contributed by atoms with Crippen LogP contribution in [0.3, 0.4) is 0 Å². The fraction of sp³-hybridized carbons (Fsp3) is 0.474. The fourth-order valence-electron chi connectivity index (χ4n) is 3.78. The number of carbonyl (C=O) groups excluding carboxylic acids is 2. The number of anilines is 1. The Balaban J connectivity index is 1.41. The lowest BCUT2D eigenvalue weighted by molar-refractivity contribution is -0.182. The fourth-order valence-corrected chi connectivity index (χ4v) is 3.78. The molecule has 29 heavy (non-hydrogen) atoms. The minimum absolute atomic E-state index is 0.0274. The average Bonchev–Trinajstić information content (AvgIpc) is 3.24. The van der Waals surface area contributed by atoms with Crippen LogP contribution in [0, 0.1) is 12.8 Å². The smallest absolute Gasteiger partial charge is 0.267 e. The van der Waals surface area contributed by atoms with Gasteiger partial charge in [0.05, 0.1) is 18.5 Å². The van der Waals surface area contributed by atoms with Crippen LogP contribution in [-0.2, 0) is 9.63 Å². The van der Waals surface area contributed by atoms with Gasteiger partial charge in [-0.2, -0.15) is 0 Å². The minimum atomic E-state index is -0.572. The largest absolute Gasteiger partial charge is 0.364 e.